The fourth-order valence-corrected chi connectivity index (χ4v) is 2.69. The first kappa shape index (κ1) is 16.8. The van der Waals surface area contributed by atoms with E-state index in [1.807, 2.05) is 0 Å². The smallest absolute Gasteiger partial charge is 0.274 e. The highest BCUT2D eigenvalue weighted by atomic mass is 32.1. The van der Waals surface area contributed by atoms with Crippen molar-refractivity contribution in [3.8, 4) is 22.3 Å². The van der Waals surface area contributed by atoms with Crippen LogP contribution in [0.1, 0.15) is 16.1 Å². The molecule has 0 unspecified atom stereocenters. The predicted octanol–water partition coefficient (Wildman–Crippen LogP) is 2.82. The third-order valence-corrected chi connectivity index (χ3v) is 4.13. The SMILES string of the molecule is O=C(NCc1ccc(F)c(F)c1)c1nc(-c2cccs2)nc(O)c1O. The highest BCUT2D eigenvalue weighted by Crippen LogP contribution is 2.30. The number of aromatic hydroxyl groups is 2. The summed E-state index contributed by atoms with van der Waals surface area (Å²) < 4.78 is 26.1. The maximum atomic E-state index is 13.2. The van der Waals surface area contributed by atoms with Crippen molar-refractivity contribution >= 4 is 17.2 Å². The van der Waals surface area contributed by atoms with Gasteiger partial charge < -0.3 is 15.5 Å². The highest BCUT2D eigenvalue weighted by Gasteiger charge is 2.20. The van der Waals surface area contributed by atoms with E-state index in [4.69, 9.17) is 0 Å². The molecule has 0 aliphatic carbocycles. The second-order valence-electron chi connectivity index (χ2n) is 4.98. The van der Waals surface area contributed by atoms with Gasteiger partial charge in [-0.2, -0.15) is 4.98 Å². The third kappa shape index (κ3) is 3.56. The van der Waals surface area contributed by atoms with Crippen LogP contribution in [0.25, 0.3) is 10.7 Å². The normalized spacial score (nSPS) is 10.6. The lowest BCUT2D eigenvalue weighted by atomic mass is 10.2. The lowest BCUT2D eigenvalue weighted by Crippen LogP contribution is -2.24. The van der Waals surface area contributed by atoms with Crippen molar-refractivity contribution < 1.29 is 23.8 Å². The molecule has 0 radical (unpaired) electrons. The summed E-state index contributed by atoms with van der Waals surface area (Å²) in [6.45, 7) is -0.116. The van der Waals surface area contributed by atoms with Crippen LogP contribution in [0.5, 0.6) is 11.6 Å². The van der Waals surface area contributed by atoms with Gasteiger partial charge in [0.25, 0.3) is 11.8 Å². The van der Waals surface area contributed by atoms with Gasteiger partial charge in [0.1, 0.15) is 0 Å². The van der Waals surface area contributed by atoms with Crippen LogP contribution in [-0.2, 0) is 6.54 Å². The highest BCUT2D eigenvalue weighted by molar-refractivity contribution is 7.13. The number of benzene rings is 1. The van der Waals surface area contributed by atoms with Crippen molar-refractivity contribution in [2.24, 2.45) is 0 Å². The summed E-state index contributed by atoms with van der Waals surface area (Å²) in [5, 5.41) is 23.7. The standard InChI is InChI=1S/C16H11F2N3O3S/c17-9-4-3-8(6-10(9)18)7-19-15(23)12-13(22)16(24)21-14(20-12)11-2-1-5-25-11/h1-6,22H,7H2,(H,19,23)(H,20,21,24). The number of nitrogens with zero attached hydrogens (tertiary/aromatic N) is 2. The molecule has 0 atom stereocenters. The number of nitrogens with one attached hydrogen (secondary N) is 1. The number of amides is 1. The zero-order chi connectivity index (χ0) is 18.0. The van der Waals surface area contributed by atoms with E-state index in [9.17, 15) is 23.8 Å². The van der Waals surface area contributed by atoms with Gasteiger partial charge in [-0.15, -0.1) is 11.3 Å². The van der Waals surface area contributed by atoms with Crippen LogP contribution in [0, 0.1) is 11.6 Å². The number of hydrogen-bond acceptors (Lipinski definition) is 6. The van der Waals surface area contributed by atoms with Gasteiger partial charge >= 0.3 is 0 Å². The summed E-state index contributed by atoms with van der Waals surface area (Å²) in [6, 6.07) is 6.65. The number of carbonyl (C=O) groups excluding carboxylic acids is 1. The number of hydrogen-bond donors (Lipinski definition) is 3. The Kier molecular flexibility index (Phi) is 4.57. The largest absolute Gasteiger partial charge is 0.501 e. The van der Waals surface area contributed by atoms with Crippen molar-refractivity contribution in [1.82, 2.24) is 15.3 Å². The topological polar surface area (TPSA) is 95.3 Å². The van der Waals surface area contributed by atoms with E-state index < -0.39 is 34.9 Å². The summed E-state index contributed by atoms with van der Waals surface area (Å²) in [4.78, 5) is 20.5. The van der Waals surface area contributed by atoms with Crippen LogP contribution in [0.4, 0.5) is 8.78 Å². The van der Waals surface area contributed by atoms with Crippen molar-refractivity contribution in [3.05, 3.63) is 58.6 Å². The average Bonchev–Trinajstić information content (AvgIpc) is 3.12. The Morgan fingerprint density at radius 1 is 1.16 bits per heavy atom. The van der Waals surface area contributed by atoms with Gasteiger partial charge in [0, 0.05) is 6.54 Å². The molecule has 0 saturated heterocycles. The number of carbonyl (C=O) groups is 1. The molecule has 0 aliphatic rings. The van der Waals surface area contributed by atoms with Crippen LogP contribution in [0.3, 0.4) is 0 Å². The van der Waals surface area contributed by atoms with Crippen LogP contribution in [0.15, 0.2) is 35.7 Å². The molecule has 0 saturated carbocycles. The van der Waals surface area contributed by atoms with E-state index in [-0.39, 0.29) is 12.4 Å². The summed E-state index contributed by atoms with van der Waals surface area (Å²) in [7, 11) is 0. The first-order chi connectivity index (χ1) is 12.0. The van der Waals surface area contributed by atoms with Gasteiger partial charge in [-0.05, 0) is 29.1 Å². The maximum Gasteiger partial charge on any atom is 0.274 e. The molecule has 0 fully saturated rings. The molecule has 2 heterocycles. The molecule has 2 aromatic heterocycles. The minimum absolute atomic E-state index is 0.0864. The second-order valence-corrected chi connectivity index (χ2v) is 5.92. The molecule has 0 spiro atoms. The minimum atomic E-state index is -1.03. The zero-order valence-corrected chi connectivity index (χ0v) is 13.3. The summed E-state index contributed by atoms with van der Waals surface area (Å²) in [5.41, 5.74) is -0.0954. The van der Waals surface area contributed by atoms with Gasteiger partial charge in [-0.1, -0.05) is 12.1 Å². The van der Waals surface area contributed by atoms with E-state index in [0.717, 1.165) is 12.1 Å². The second kappa shape index (κ2) is 6.81. The Bertz CT molecular complexity index is 933. The minimum Gasteiger partial charge on any atom is -0.501 e. The van der Waals surface area contributed by atoms with Crippen molar-refractivity contribution in [3.63, 3.8) is 0 Å². The number of thiophene rings is 1. The Balaban J connectivity index is 1.82. The molecule has 3 rings (SSSR count). The predicted molar refractivity (Wildman–Crippen MR) is 86.2 cm³/mol. The van der Waals surface area contributed by atoms with Crippen molar-refractivity contribution in [1.29, 1.82) is 0 Å². The van der Waals surface area contributed by atoms with Crippen molar-refractivity contribution in [2.45, 2.75) is 6.54 Å². The Hall–Kier alpha value is -3.07. The molecule has 0 aliphatic heterocycles. The van der Waals surface area contributed by atoms with Gasteiger partial charge in [0.2, 0.25) is 5.75 Å². The first-order valence-corrected chi connectivity index (χ1v) is 7.89. The Labute approximate surface area is 144 Å². The Morgan fingerprint density at radius 3 is 2.64 bits per heavy atom. The summed E-state index contributed by atoms with van der Waals surface area (Å²) in [5.74, 6) is -4.22. The molecule has 25 heavy (non-hydrogen) atoms. The lowest BCUT2D eigenvalue weighted by molar-refractivity contribution is 0.0941. The molecular weight excluding hydrogens is 352 g/mol. The Morgan fingerprint density at radius 2 is 1.96 bits per heavy atom. The summed E-state index contributed by atoms with van der Waals surface area (Å²) in [6.07, 6.45) is 0. The molecule has 9 heteroatoms. The third-order valence-electron chi connectivity index (χ3n) is 3.26. The molecular formula is C16H11F2N3O3S. The zero-order valence-electron chi connectivity index (χ0n) is 12.5. The molecule has 128 valence electrons. The molecule has 6 nitrogen and oxygen atoms in total. The fraction of sp³-hybridized carbons (Fsp3) is 0.0625. The molecule has 3 N–H and O–H groups in total. The van der Waals surface area contributed by atoms with Crippen LogP contribution < -0.4 is 5.32 Å². The lowest BCUT2D eigenvalue weighted by Gasteiger charge is -2.08. The van der Waals surface area contributed by atoms with Gasteiger partial charge in [-0.3, -0.25) is 4.79 Å². The van der Waals surface area contributed by atoms with Crippen molar-refractivity contribution in [2.75, 3.05) is 0 Å². The van der Waals surface area contributed by atoms with Gasteiger partial charge in [0.05, 0.1) is 4.88 Å². The van der Waals surface area contributed by atoms with E-state index in [1.165, 1.54) is 17.4 Å². The van der Waals surface area contributed by atoms with Crippen LogP contribution in [-0.4, -0.2) is 26.1 Å². The average molecular weight is 363 g/mol. The monoisotopic (exact) mass is 363 g/mol. The van der Waals surface area contributed by atoms with E-state index in [1.54, 1.807) is 17.5 Å². The maximum absolute atomic E-state index is 13.2. The summed E-state index contributed by atoms with van der Waals surface area (Å²) >= 11 is 1.30. The fourth-order valence-electron chi connectivity index (χ4n) is 2.03. The van der Waals surface area contributed by atoms with Crippen LogP contribution >= 0.6 is 11.3 Å². The van der Waals surface area contributed by atoms with E-state index in [0.29, 0.717) is 10.4 Å². The molecule has 1 aromatic carbocycles. The van der Waals surface area contributed by atoms with E-state index in [2.05, 4.69) is 15.3 Å². The number of aromatic nitrogens is 2. The van der Waals surface area contributed by atoms with Crippen LogP contribution in [0.2, 0.25) is 0 Å². The number of halogens is 2. The number of rotatable bonds is 4. The molecule has 0 bridgehead atoms. The van der Waals surface area contributed by atoms with Gasteiger partial charge in [0.15, 0.2) is 23.2 Å². The first-order valence-electron chi connectivity index (χ1n) is 7.01. The van der Waals surface area contributed by atoms with Gasteiger partial charge in [-0.25, -0.2) is 13.8 Å². The molecule has 1 amide bonds. The quantitative estimate of drug-likeness (QED) is 0.663. The van der Waals surface area contributed by atoms with E-state index >= 15 is 0 Å². The molecule has 3 aromatic rings.